The third-order valence-corrected chi connectivity index (χ3v) is 3.07. The molecule has 1 aliphatic rings. The first kappa shape index (κ1) is 15.9. The quantitative estimate of drug-likeness (QED) is 0.152. The minimum absolute atomic E-state index is 0.865. The maximum absolute atomic E-state index is 11.0. The number of hydrogen-bond donors (Lipinski definition) is 7. The van der Waals surface area contributed by atoms with Crippen LogP contribution in [0.5, 0.6) is 0 Å². The van der Waals surface area contributed by atoms with E-state index in [1.165, 1.54) is 0 Å². The van der Waals surface area contributed by atoms with Crippen molar-refractivity contribution in [1.82, 2.24) is 0 Å². The Hall–Kier alpha value is -0.170. The minimum Gasteiger partial charge on any atom is -0.394 e. The molecule has 0 aliphatic carbocycles. The summed E-state index contributed by atoms with van der Waals surface area (Å²) in [6, 6.07) is 0. The topological polar surface area (TPSA) is 192 Å². The van der Waals surface area contributed by atoms with Gasteiger partial charge < -0.3 is 35.2 Å². The lowest BCUT2D eigenvalue weighted by molar-refractivity contribution is -0.426. The number of aliphatic hydroxyl groups excluding tert-OH is 4. The molecule has 1 rings (SSSR count). The van der Waals surface area contributed by atoms with Crippen molar-refractivity contribution < 1.29 is 48.9 Å². The Morgan fingerprint density at radius 3 is 2.33 bits per heavy atom. The molecule has 8 N–H and O–H groups in total. The standard InChI is InChI=1S/C6H14NO10P/c7-17-18(13,14)16-6(12)5(11)4(10)3(9)2(1-8)15-6/h2-5,8-12H,1,7H2,(H,13,14)/t2-,3-,4+,5+,6+/m1/s1. The first-order chi connectivity index (χ1) is 8.17. The summed E-state index contributed by atoms with van der Waals surface area (Å²) in [6.45, 7) is -0.865. The molecule has 1 fully saturated rings. The van der Waals surface area contributed by atoms with Crippen molar-refractivity contribution in [2.24, 2.45) is 5.90 Å². The highest BCUT2D eigenvalue weighted by atomic mass is 31.2. The maximum Gasteiger partial charge on any atom is 0.493 e. The third kappa shape index (κ3) is 3.04. The summed E-state index contributed by atoms with van der Waals surface area (Å²) in [7, 11) is -4.96. The Morgan fingerprint density at radius 1 is 1.33 bits per heavy atom. The van der Waals surface area contributed by atoms with Crippen molar-refractivity contribution >= 4 is 7.82 Å². The van der Waals surface area contributed by atoms with Gasteiger partial charge in [0.2, 0.25) is 0 Å². The van der Waals surface area contributed by atoms with Crippen LogP contribution in [0.1, 0.15) is 0 Å². The molecule has 1 heterocycles. The molecule has 0 radical (unpaired) electrons. The average molecular weight is 291 g/mol. The fraction of sp³-hybridized carbons (Fsp3) is 1.00. The second-order valence-corrected chi connectivity index (χ2v) is 4.89. The molecule has 0 aromatic rings. The van der Waals surface area contributed by atoms with Crippen molar-refractivity contribution in [3.63, 3.8) is 0 Å². The van der Waals surface area contributed by atoms with Crippen LogP contribution in [0, 0.1) is 0 Å². The van der Waals surface area contributed by atoms with Crippen molar-refractivity contribution in [2.75, 3.05) is 6.61 Å². The molecule has 0 aromatic heterocycles. The van der Waals surface area contributed by atoms with E-state index in [-0.39, 0.29) is 0 Å². The second-order valence-electron chi connectivity index (χ2n) is 3.56. The van der Waals surface area contributed by atoms with E-state index in [1.54, 1.807) is 0 Å². The minimum atomic E-state index is -4.96. The zero-order chi connectivity index (χ0) is 14.1. The molecule has 0 spiro atoms. The zero-order valence-electron chi connectivity index (χ0n) is 8.86. The summed E-state index contributed by atoms with van der Waals surface area (Å²) in [5, 5.41) is 46.6. The van der Waals surface area contributed by atoms with E-state index < -0.39 is 44.8 Å². The van der Waals surface area contributed by atoms with Gasteiger partial charge in [0.05, 0.1) is 6.61 Å². The number of phosphoric ester groups is 1. The van der Waals surface area contributed by atoms with Crippen LogP contribution in [0.3, 0.4) is 0 Å². The molecule has 0 aromatic carbocycles. The SMILES string of the molecule is NOP(=O)(O)O[C@@]1(O)O[C@H](CO)[C@@H](O)[C@H](O)[C@@H]1O. The van der Waals surface area contributed by atoms with Crippen LogP contribution in [0.15, 0.2) is 0 Å². The molecule has 1 aliphatic heterocycles. The molecule has 18 heavy (non-hydrogen) atoms. The molecular formula is C6H14NO10P. The van der Waals surface area contributed by atoms with Gasteiger partial charge in [-0.25, -0.2) is 19.6 Å². The highest BCUT2D eigenvalue weighted by molar-refractivity contribution is 7.47. The second kappa shape index (κ2) is 5.45. The van der Waals surface area contributed by atoms with Crippen LogP contribution in [0.25, 0.3) is 0 Å². The largest absolute Gasteiger partial charge is 0.493 e. The molecule has 12 heteroatoms. The van der Waals surface area contributed by atoms with Crippen LogP contribution in [-0.4, -0.2) is 67.4 Å². The van der Waals surface area contributed by atoms with Gasteiger partial charge in [-0.05, 0) is 0 Å². The molecule has 0 saturated carbocycles. The van der Waals surface area contributed by atoms with Gasteiger partial charge in [-0.2, -0.15) is 0 Å². The van der Waals surface area contributed by atoms with E-state index in [9.17, 15) is 25.0 Å². The van der Waals surface area contributed by atoms with Crippen molar-refractivity contribution in [3.8, 4) is 0 Å². The van der Waals surface area contributed by atoms with Gasteiger partial charge in [0.1, 0.15) is 18.3 Å². The summed E-state index contributed by atoms with van der Waals surface area (Å²) in [6.07, 6.45) is -7.61. The van der Waals surface area contributed by atoms with Crippen LogP contribution in [0.4, 0.5) is 0 Å². The smallest absolute Gasteiger partial charge is 0.394 e. The lowest BCUT2D eigenvalue weighted by Crippen LogP contribution is -2.65. The van der Waals surface area contributed by atoms with Crippen LogP contribution in [-0.2, 0) is 18.5 Å². The summed E-state index contributed by atoms with van der Waals surface area (Å²) in [5.74, 6) is 1.22. The van der Waals surface area contributed by atoms with E-state index >= 15 is 0 Å². The average Bonchev–Trinajstić information content (AvgIpc) is 2.31. The Bertz CT molecular complexity index is 338. The fourth-order valence-corrected chi connectivity index (χ4v) is 1.91. The summed E-state index contributed by atoms with van der Waals surface area (Å²) in [5.41, 5.74) is 0. The first-order valence-electron chi connectivity index (χ1n) is 4.64. The highest BCUT2D eigenvalue weighted by Crippen LogP contribution is 2.47. The van der Waals surface area contributed by atoms with E-state index in [0.717, 1.165) is 0 Å². The molecular weight excluding hydrogens is 277 g/mol. The van der Waals surface area contributed by atoms with Crippen molar-refractivity contribution in [2.45, 2.75) is 30.4 Å². The van der Waals surface area contributed by atoms with Gasteiger partial charge in [0.25, 0.3) is 0 Å². The summed E-state index contributed by atoms with van der Waals surface area (Å²) < 4.78 is 23.1. The van der Waals surface area contributed by atoms with Crippen LogP contribution < -0.4 is 5.90 Å². The van der Waals surface area contributed by atoms with E-state index in [4.69, 9.17) is 10.00 Å². The van der Waals surface area contributed by atoms with Gasteiger partial charge in [-0.1, -0.05) is 0 Å². The van der Waals surface area contributed by atoms with Crippen molar-refractivity contribution in [1.29, 1.82) is 0 Å². The first-order valence-corrected chi connectivity index (χ1v) is 6.13. The van der Waals surface area contributed by atoms with Crippen LogP contribution in [0.2, 0.25) is 0 Å². The summed E-state index contributed by atoms with van der Waals surface area (Å²) >= 11 is 0. The normalized spacial score (nSPS) is 44.6. The van der Waals surface area contributed by atoms with E-state index in [2.05, 4.69) is 19.8 Å². The van der Waals surface area contributed by atoms with E-state index in [1.807, 2.05) is 0 Å². The predicted octanol–water partition coefficient (Wildman–Crippen LogP) is -3.89. The maximum atomic E-state index is 11.0. The molecule has 108 valence electrons. The molecule has 1 saturated heterocycles. The van der Waals surface area contributed by atoms with E-state index in [0.29, 0.717) is 0 Å². The lowest BCUT2D eigenvalue weighted by Gasteiger charge is -2.44. The molecule has 0 bridgehead atoms. The fourth-order valence-electron chi connectivity index (χ4n) is 1.39. The Balaban J connectivity index is 2.95. The lowest BCUT2D eigenvalue weighted by atomic mass is 9.98. The number of hydrogen-bond acceptors (Lipinski definition) is 10. The predicted molar refractivity (Wildman–Crippen MR) is 51.1 cm³/mol. The number of ether oxygens (including phenoxy) is 1. The van der Waals surface area contributed by atoms with Crippen molar-refractivity contribution in [3.05, 3.63) is 0 Å². The van der Waals surface area contributed by atoms with Gasteiger partial charge in [0, 0.05) is 0 Å². The monoisotopic (exact) mass is 291 g/mol. The Morgan fingerprint density at radius 2 is 1.89 bits per heavy atom. The molecule has 6 atom stereocenters. The number of aliphatic hydroxyl groups is 5. The molecule has 0 amide bonds. The number of nitrogens with two attached hydrogens (primary N) is 1. The number of rotatable bonds is 4. The molecule has 11 nitrogen and oxygen atoms in total. The summed E-state index contributed by atoms with van der Waals surface area (Å²) in [4.78, 5) is 8.90. The highest BCUT2D eigenvalue weighted by Gasteiger charge is 2.57. The Labute approximate surface area is 101 Å². The van der Waals surface area contributed by atoms with Crippen LogP contribution >= 0.6 is 7.82 Å². The molecule has 1 unspecified atom stereocenters. The van der Waals surface area contributed by atoms with Gasteiger partial charge in [-0.3, -0.25) is 0 Å². The van der Waals surface area contributed by atoms with Gasteiger partial charge >= 0.3 is 13.8 Å². The Kier molecular flexibility index (Phi) is 4.81. The third-order valence-electron chi connectivity index (χ3n) is 2.31. The number of phosphoric acid groups is 1. The zero-order valence-corrected chi connectivity index (χ0v) is 9.75. The van der Waals surface area contributed by atoms with Gasteiger partial charge in [0.15, 0.2) is 6.10 Å². The van der Waals surface area contributed by atoms with Gasteiger partial charge in [-0.15, -0.1) is 0 Å².